The van der Waals surface area contributed by atoms with Crippen LogP contribution < -0.4 is 4.72 Å². The Morgan fingerprint density at radius 2 is 2.04 bits per heavy atom. The number of nitrogens with one attached hydrogen (secondary N) is 1. The van der Waals surface area contributed by atoms with Gasteiger partial charge in [-0.1, -0.05) is 5.16 Å². The molecule has 9 nitrogen and oxygen atoms in total. The van der Waals surface area contributed by atoms with Gasteiger partial charge in [-0.3, -0.25) is 9.52 Å². The molecule has 0 bridgehead atoms. The second-order valence-corrected chi connectivity index (χ2v) is 7.96. The van der Waals surface area contributed by atoms with Crippen molar-refractivity contribution in [1.82, 2.24) is 14.9 Å². The monoisotopic (exact) mass is 356 g/mol. The fraction of sp³-hybridized carbons (Fsp3) is 0.500. The molecule has 2 heterocycles. The highest BCUT2D eigenvalue weighted by Gasteiger charge is 2.25. The van der Waals surface area contributed by atoms with Crippen molar-refractivity contribution in [2.45, 2.75) is 46.2 Å². The van der Waals surface area contributed by atoms with E-state index in [1.54, 1.807) is 27.7 Å². The number of aryl methyl sites for hydroxylation is 2. The fourth-order valence-electron chi connectivity index (χ4n) is 1.89. The van der Waals surface area contributed by atoms with Crippen LogP contribution >= 0.6 is 0 Å². The van der Waals surface area contributed by atoms with Crippen LogP contribution in [0.5, 0.6) is 0 Å². The van der Waals surface area contributed by atoms with Crippen molar-refractivity contribution in [1.29, 1.82) is 0 Å². The molecule has 24 heavy (non-hydrogen) atoms. The third-order valence-corrected chi connectivity index (χ3v) is 4.69. The first-order valence-electron chi connectivity index (χ1n) is 7.16. The van der Waals surface area contributed by atoms with Gasteiger partial charge in [-0.05, 0) is 34.6 Å². The first kappa shape index (κ1) is 18.0. The molecule has 10 heteroatoms. The first-order chi connectivity index (χ1) is 11.0. The molecule has 0 radical (unpaired) electrons. The molecule has 1 N–H and O–H groups in total. The Hall–Kier alpha value is -2.36. The molecule has 2 aromatic rings. The van der Waals surface area contributed by atoms with Crippen LogP contribution in [-0.2, 0) is 26.3 Å². The lowest BCUT2D eigenvalue weighted by molar-refractivity contribution is -0.157. The number of rotatable bonds is 5. The molecule has 2 rings (SSSR count). The number of aromatic nitrogens is 3. The van der Waals surface area contributed by atoms with E-state index in [1.165, 1.54) is 24.0 Å². The van der Waals surface area contributed by atoms with Crippen molar-refractivity contribution in [3.05, 3.63) is 23.8 Å². The fourth-order valence-corrected chi connectivity index (χ4v) is 3.25. The second kappa shape index (κ2) is 6.27. The van der Waals surface area contributed by atoms with E-state index in [0.29, 0.717) is 0 Å². The van der Waals surface area contributed by atoms with E-state index in [0.717, 1.165) is 0 Å². The Balaban J connectivity index is 2.08. The van der Waals surface area contributed by atoms with Gasteiger partial charge in [0.1, 0.15) is 5.69 Å². The van der Waals surface area contributed by atoms with Crippen LogP contribution in [0.4, 0.5) is 5.69 Å². The standard InChI is InChI=1S/C14H20N4O5S/c1-9-12(10(2)23-16-9)24(20,21)17-11-6-15-18(7-11)8-22-13(19)14(3,4)5/h6-7,17H,8H2,1-5H3. The van der Waals surface area contributed by atoms with Crippen molar-refractivity contribution in [2.75, 3.05) is 4.72 Å². The molecule has 0 atom stereocenters. The molecule has 0 aliphatic heterocycles. The zero-order valence-corrected chi connectivity index (χ0v) is 15.0. The smallest absolute Gasteiger partial charge is 0.313 e. The van der Waals surface area contributed by atoms with Crippen LogP contribution in [0.25, 0.3) is 0 Å². The number of sulfonamides is 1. The summed E-state index contributed by atoms with van der Waals surface area (Å²) < 4.78 is 38.4. The van der Waals surface area contributed by atoms with Gasteiger partial charge in [-0.15, -0.1) is 0 Å². The zero-order chi connectivity index (χ0) is 18.1. The average molecular weight is 356 g/mol. The Labute approximate surface area is 140 Å². The van der Waals surface area contributed by atoms with E-state index < -0.39 is 15.4 Å². The minimum atomic E-state index is -3.84. The SMILES string of the molecule is Cc1noc(C)c1S(=O)(=O)Nc1cnn(COC(=O)C(C)(C)C)c1. The summed E-state index contributed by atoms with van der Waals surface area (Å²) in [6, 6.07) is 0. The topological polar surface area (TPSA) is 116 Å². The predicted octanol–water partition coefficient (Wildman–Crippen LogP) is 1.84. The maximum Gasteiger partial charge on any atom is 0.313 e. The third-order valence-electron chi connectivity index (χ3n) is 3.06. The number of ether oxygens (including phenoxy) is 1. The molecule has 0 amide bonds. The van der Waals surface area contributed by atoms with Gasteiger partial charge in [0.2, 0.25) is 0 Å². The van der Waals surface area contributed by atoms with E-state index in [2.05, 4.69) is 15.0 Å². The molecular weight excluding hydrogens is 336 g/mol. The summed E-state index contributed by atoms with van der Waals surface area (Å²) >= 11 is 0. The molecule has 0 saturated heterocycles. The Bertz CT molecular complexity index is 825. The van der Waals surface area contributed by atoms with Crippen LogP contribution in [0.15, 0.2) is 21.8 Å². The molecule has 0 saturated carbocycles. The van der Waals surface area contributed by atoms with Gasteiger partial charge in [0.25, 0.3) is 10.0 Å². The number of hydrogen-bond acceptors (Lipinski definition) is 7. The molecular formula is C14H20N4O5S. The number of nitrogens with zero attached hydrogens (tertiary/aromatic N) is 3. The highest BCUT2D eigenvalue weighted by atomic mass is 32.2. The van der Waals surface area contributed by atoms with Gasteiger partial charge in [0.15, 0.2) is 17.4 Å². The third kappa shape index (κ3) is 3.94. The van der Waals surface area contributed by atoms with Gasteiger partial charge < -0.3 is 9.26 Å². The van der Waals surface area contributed by atoms with Gasteiger partial charge in [0, 0.05) is 0 Å². The molecule has 0 fully saturated rings. The molecule has 0 spiro atoms. The van der Waals surface area contributed by atoms with E-state index in [9.17, 15) is 13.2 Å². The van der Waals surface area contributed by atoms with Crippen molar-refractivity contribution in [2.24, 2.45) is 5.41 Å². The molecule has 132 valence electrons. The summed E-state index contributed by atoms with van der Waals surface area (Å²) in [5.41, 5.74) is -0.116. The summed E-state index contributed by atoms with van der Waals surface area (Å²) in [4.78, 5) is 11.7. The molecule has 0 aromatic carbocycles. The maximum atomic E-state index is 12.4. The normalized spacial score (nSPS) is 12.2. The summed E-state index contributed by atoms with van der Waals surface area (Å²) in [6.45, 7) is 8.16. The van der Waals surface area contributed by atoms with Crippen molar-refractivity contribution >= 4 is 21.7 Å². The zero-order valence-electron chi connectivity index (χ0n) is 14.2. The van der Waals surface area contributed by atoms with Crippen LogP contribution in [0.3, 0.4) is 0 Å². The van der Waals surface area contributed by atoms with Crippen molar-refractivity contribution in [3.8, 4) is 0 Å². The minimum absolute atomic E-state index is 0.00518. The number of anilines is 1. The quantitative estimate of drug-likeness (QED) is 0.812. The van der Waals surface area contributed by atoms with E-state index in [-0.39, 0.29) is 34.7 Å². The van der Waals surface area contributed by atoms with Crippen molar-refractivity contribution in [3.63, 3.8) is 0 Å². The van der Waals surface area contributed by atoms with E-state index >= 15 is 0 Å². The van der Waals surface area contributed by atoms with Crippen LogP contribution in [-0.4, -0.2) is 29.3 Å². The summed E-state index contributed by atoms with van der Waals surface area (Å²) in [5, 5.41) is 7.58. The Morgan fingerprint density at radius 1 is 1.38 bits per heavy atom. The predicted molar refractivity (Wildman–Crippen MR) is 84.6 cm³/mol. The molecule has 0 aliphatic carbocycles. The number of carbonyl (C=O) groups is 1. The lowest BCUT2D eigenvalue weighted by atomic mass is 9.98. The van der Waals surface area contributed by atoms with Gasteiger partial charge in [-0.25, -0.2) is 13.1 Å². The van der Waals surface area contributed by atoms with Gasteiger partial charge in [0.05, 0.1) is 23.5 Å². The number of carbonyl (C=O) groups excluding carboxylic acids is 1. The van der Waals surface area contributed by atoms with E-state index in [1.807, 2.05) is 0 Å². The minimum Gasteiger partial charge on any atom is -0.442 e. The largest absolute Gasteiger partial charge is 0.442 e. The summed E-state index contributed by atoms with van der Waals surface area (Å²) in [7, 11) is -3.84. The van der Waals surface area contributed by atoms with E-state index in [4.69, 9.17) is 9.26 Å². The Kier molecular flexibility index (Phi) is 4.70. The lowest BCUT2D eigenvalue weighted by Crippen LogP contribution is -2.24. The number of hydrogen-bond donors (Lipinski definition) is 1. The molecule has 2 aromatic heterocycles. The first-order valence-corrected chi connectivity index (χ1v) is 8.64. The number of esters is 1. The van der Waals surface area contributed by atoms with Gasteiger partial charge >= 0.3 is 5.97 Å². The average Bonchev–Trinajstić information content (AvgIpc) is 3.01. The van der Waals surface area contributed by atoms with Crippen molar-refractivity contribution < 1.29 is 22.5 Å². The van der Waals surface area contributed by atoms with Crippen LogP contribution in [0.2, 0.25) is 0 Å². The van der Waals surface area contributed by atoms with Crippen LogP contribution in [0, 0.1) is 19.3 Å². The maximum absolute atomic E-state index is 12.4. The Morgan fingerprint density at radius 3 is 2.58 bits per heavy atom. The highest BCUT2D eigenvalue weighted by Crippen LogP contribution is 2.22. The summed E-state index contributed by atoms with van der Waals surface area (Å²) in [5.74, 6) is -0.178. The van der Waals surface area contributed by atoms with Crippen LogP contribution in [0.1, 0.15) is 32.2 Å². The summed E-state index contributed by atoms with van der Waals surface area (Å²) in [6.07, 6.45) is 2.74. The lowest BCUT2D eigenvalue weighted by Gasteiger charge is -2.16. The highest BCUT2D eigenvalue weighted by molar-refractivity contribution is 7.92. The molecule has 0 unspecified atom stereocenters. The molecule has 0 aliphatic rings. The second-order valence-electron chi connectivity index (χ2n) is 6.34. The van der Waals surface area contributed by atoms with Gasteiger partial charge in [-0.2, -0.15) is 5.10 Å².